The second-order valence-electron chi connectivity index (χ2n) is 16.6. The van der Waals surface area contributed by atoms with Crippen molar-refractivity contribution in [2.75, 3.05) is 0 Å². The summed E-state index contributed by atoms with van der Waals surface area (Å²) in [5.74, 6) is 2.71. The summed E-state index contributed by atoms with van der Waals surface area (Å²) in [6.45, 7) is 22.5. The van der Waals surface area contributed by atoms with Crippen LogP contribution in [0.2, 0.25) is 0 Å². The van der Waals surface area contributed by atoms with Gasteiger partial charge in [0.2, 0.25) is 0 Å². The van der Waals surface area contributed by atoms with E-state index in [1.165, 1.54) is 44.3 Å². The Balaban J connectivity index is 1.30. The number of aromatic nitrogens is 4. The summed E-state index contributed by atoms with van der Waals surface area (Å²) in [4.78, 5) is 4.85. The van der Waals surface area contributed by atoms with Crippen molar-refractivity contribution in [3.05, 3.63) is 131 Å². The van der Waals surface area contributed by atoms with Gasteiger partial charge in [-0.05, 0) is 94.8 Å². The van der Waals surface area contributed by atoms with Crippen molar-refractivity contribution in [2.45, 2.75) is 98.8 Å². The minimum absolute atomic E-state index is 0.00777. The molecule has 5 nitrogen and oxygen atoms in total. The average molecular weight is 689 g/mol. The fourth-order valence-corrected chi connectivity index (χ4v) is 7.62. The summed E-state index contributed by atoms with van der Waals surface area (Å²) in [7, 11) is 0. The van der Waals surface area contributed by atoms with Crippen molar-refractivity contribution in [3.8, 4) is 34.1 Å². The van der Waals surface area contributed by atoms with Gasteiger partial charge in [0.15, 0.2) is 0 Å². The first kappa shape index (κ1) is 35.3. The maximum absolute atomic E-state index is 6.67. The first-order valence-corrected chi connectivity index (χ1v) is 18.8. The van der Waals surface area contributed by atoms with Crippen LogP contribution in [0.5, 0.6) is 11.5 Å². The van der Waals surface area contributed by atoms with Crippen LogP contribution in [0.1, 0.15) is 103 Å². The van der Waals surface area contributed by atoms with E-state index in [0.29, 0.717) is 0 Å². The molecule has 0 fully saturated rings. The molecule has 0 saturated carbocycles. The van der Waals surface area contributed by atoms with Gasteiger partial charge in [0.1, 0.15) is 17.3 Å². The molecule has 3 aromatic heterocycles. The Morgan fingerprint density at radius 1 is 0.731 bits per heavy atom. The molecular formula is C47H52N4O. The zero-order valence-corrected chi connectivity index (χ0v) is 32.5. The highest BCUT2D eigenvalue weighted by molar-refractivity contribution is 6.09. The summed E-state index contributed by atoms with van der Waals surface area (Å²) in [5, 5.41) is 7.67. The van der Waals surface area contributed by atoms with E-state index in [2.05, 4.69) is 169 Å². The van der Waals surface area contributed by atoms with Gasteiger partial charge in [0, 0.05) is 34.7 Å². The predicted octanol–water partition coefficient (Wildman–Crippen LogP) is 12.8. The van der Waals surface area contributed by atoms with Gasteiger partial charge in [-0.1, -0.05) is 111 Å². The third-order valence-corrected chi connectivity index (χ3v) is 10.1. The molecule has 0 amide bonds. The summed E-state index contributed by atoms with van der Waals surface area (Å²) >= 11 is 0. The number of fused-ring (bicyclic) bond motifs is 3. The van der Waals surface area contributed by atoms with Crippen LogP contribution >= 0.6 is 0 Å². The summed E-state index contributed by atoms with van der Waals surface area (Å²) in [5.41, 5.74) is 12.1. The van der Waals surface area contributed by atoms with Gasteiger partial charge in [0.25, 0.3) is 0 Å². The molecule has 266 valence electrons. The largest absolute Gasteiger partial charge is 0.457 e. The second kappa shape index (κ2) is 13.4. The van der Waals surface area contributed by atoms with Crippen molar-refractivity contribution in [2.24, 2.45) is 0 Å². The van der Waals surface area contributed by atoms with Gasteiger partial charge in [-0.25, -0.2) is 9.67 Å². The number of aryl methyl sites for hydroxylation is 1. The number of hydrogen-bond acceptors (Lipinski definition) is 3. The smallest absolute Gasteiger partial charge is 0.137 e. The van der Waals surface area contributed by atoms with E-state index in [-0.39, 0.29) is 16.7 Å². The maximum atomic E-state index is 6.67. The number of hydrogen-bond donors (Lipinski definition) is 0. The number of para-hydroxylation sites is 1. The molecule has 0 radical (unpaired) electrons. The third-order valence-electron chi connectivity index (χ3n) is 10.1. The Hall–Kier alpha value is -5.16. The molecule has 0 aliphatic carbocycles. The van der Waals surface area contributed by atoms with Gasteiger partial charge < -0.3 is 4.74 Å². The molecule has 52 heavy (non-hydrogen) atoms. The van der Waals surface area contributed by atoms with Gasteiger partial charge >= 0.3 is 0 Å². The summed E-state index contributed by atoms with van der Waals surface area (Å²) < 4.78 is 11.1. The third kappa shape index (κ3) is 6.53. The lowest BCUT2D eigenvalue weighted by Crippen LogP contribution is -2.13. The highest BCUT2D eigenvalue weighted by atomic mass is 16.5. The fraction of sp³-hybridized carbons (Fsp3) is 0.319. The fourth-order valence-electron chi connectivity index (χ4n) is 7.62. The van der Waals surface area contributed by atoms with Crippen LogP contribution in [-0.2, 0) is 17.3 Å². The number of rotatable bonds is 8. The van der Waals surface area contributed by atoms with Gasteiger partial charge in [-0.3, -0.25) is 4.57 Å². The van der Waals surface area contributed by atoms with Crippen molar-refractivity contribution in [1.29, 1.82) is 0 Å². The van der Waals surface area contributed by atoms with Crippen LogP contribution in [0, 0.1) is 6.92 Å². The Kier molecular flexibility index (Phi) is 9.10. The molecule has 0 unspecified atom stereocenters. The molecule has 0 aliphatic rings. The van der Waals surface area contributed by atoms with E-state index in [1.54, 1.807) is 0 Å². The predicted molar refractivity (Wildman–Crippen MR) is 218 cm³/mol. The highest BCUT2D eigenvalue weighted by Crippen LogP contribution is 2.39. The van der Waals surface area contributed by atoms with E-state index in [1.807, 2.05) is 12.3 Å². The Bertz CT molecular complexity index is 2410. The lowest BCUT2D eigenvalue weighted by molar-refractivity contribution is 0.482. The van der Waals surface area contributed by atoms with Gasteiger partial charge in [-0.2, -0.15) is 5.10 Å². The van der Waals surface area contributed by atoms with Crippen LogP contribution in [0.4, 0.5) is 0 Å². The van der Waals surface area contributed by atoms with Crippen LogP contribution in [0.3, 0.4) is 0 Å². The van der Waals surface area contributed by atoms with Gasteiger partial charge in [0.05, 0.1) is 28.1 Å². The summed E-state index contributed by atoms with van der Waals surface area (Å²) in [6.07, 6.45) is 3.86. The van der Waals surface area contributed by atoms with E-state index < -0.39 is 0 Å². The molecule has 0 atom stereocenters. The minimum atomic E-state index is 0.00777. The van der Waals surface area contributed by atoms with Crippen LogP contribution < -0.4 is 4.74 Å². The number of benzene rings is 4. The molecule has 0 N–H and O–H groups in total. The molecule has 7 aromatic rings. The van der Waals surface area contributed by atoms with Crippen LogP contribution in [0.25, 0.3) is 44.4 Å². The molecule has 7 rings (SSSR count). The monoisotopic (exact) mass is 688 g/mol. The van der Waals surface area contributed by atoms with E-state index in [4.69, 9.17) is 14.8 Å². The zero-order valence-electron chi connectivity index (χ0n) is 32.5. The Labute approximate surface area is 309 Å². The Morgan fingerprint density at radius 2 is 1.48 bits per heavy atom. The molecule has 0 aliphatic heterocycles. The molecule has 4 aromatic carbocycles. The van der Waals surface area contributed by atoms with E-state index in [9.17, 15) is 0 Å². The van der Waals surface area contributed by atoms with Crippen molar-refractivity contribution < 1.29 is 4.74 Å². The minimum Gasteiger partial charge on any atom is -0.457 e. The lowest BCUT2D eigenvalue weighted by Gasteiger charge is -2.22. The SMILES string of the molecule is CCCc1c(-c2ccc(C(C)(C)C)c(C)c2)c(C(C)C)nn1-c1cccc(Oc2ccc3c4ccccc4n(-c4cc(C(C)(C)C)ccn4)c3c2)c1. The van der Waals surface area contributed by atoms with E-state index >= 15 is 0 Å². The summed E-state index contributed by atoms with van der Waals surface area (Å²) in [6, 6.07) is 34.5. The van der Waals surface area contributed by atoms with Gasteiger partial charge in [-0.15, -0.1) is 0 Å². The van der Waals surface area contributed by atoms with Crippen molar-refractivity contribution in [1.82, 2.24) is 19.3 Å². The molecule has 0 spiro atoms. The number of ether oxygens (including phenoxy) is 1. The molecule has 0 saturated heterocycles. The quantitative estimate of drug-likeness (QED) is 0.160. The standard InChI is InChI=1S/C47H52N4O/c1-11-15-41-44(32-20-23-39(31(4)26-32)47(8,9)10)45(30(2)3)49-51(41)34-16-14-17-35(28-34)52-36-21-22-38-37-18-12-13-19-40(37)50(42(38)29-36)43-27-33(24-25-48-43)46(5,6)7/h12-14,16-30H,11,15H2,1-10H3. The first-order chi connectivity index (χ1) is 24.7. The molecular weight excluding hydrogens is 637 g/mol. The Morgan fingerprint density at radius 3 is 2.19 bits per heavy atom. The average Bonchev–Trinajstić information content (AvgIpc) is 3.64. The van der Waals surface area contributed by atoms with E-state index in [0.717, 1.165) is 52.6 Å². The first-order valence-electron chi connectivity index (χ1n) is 18.8. The highest BCUT2D eigenvalue weighted by Gasteiger charge is 2.24. The maximum Gasteiger partial charge on any atom is 0.137 e. The number of nitrogens with zero attached hydrogens (tertiary/aromatic N) is 4. The lowest BCUT2D eigenvalue weighted by atomic mass is 9.82. The van der Waals surface area contributed by atoms with Crippen molar-refractivity contribution >= 4 is 21.8 Å². The second-order valence-corrected chi connectivity index (χ2v) is 16.6. The van der Waals surface area contributed by atoms with Crippen LogP contribution in [0.15, 0.2) is 103 Å². The topological polar surface area (TPSA) is 44.9 Å². The normalized spacial score (nSPS) is 12.4. The van der Waals surface area contributed by atoms with Crippen LogP contribution in [-0.4, -0.2) is 19.3 Å². The molecule has 3 heterocycles. The number of pyridine rings is 1. The zero-order chi connectivity index (χ0) is 36.9. The van der Waals surface area contributed by atoms with Crippen molar-refractivity contribution in [3.63, 3.8) is 0 Å². The molecule has 5 heteroatoms. The molecule has 0 bridgehead atoms.